The third-order valence-corrected chi connectivity index (χ3v) is 4.04. The van der Waals surface area contributed by atoms with Crippen LogP contribution < -0.4 is 10.6 Å². The molecule has 0 aliphatic rings. The van der Waals surface area contributed by atoms with E-state index in [1.165, 1.54) is 19.3 Å². The molecule has 1 rings (SSSR count). The Hall–Kier alpha value is -1.22. The molecule has 7 nitrogen and oxygen atoms in total. The number of rotatable bonds is 13. The topological polar surface area (TPSA) is 125 Å². The summed E-state index contributed by atoms with van der Waals surface area (Å²) >= 11 is 0. The highest BCUT2D eigenvalue weighted by atomic mass is 16.3. The summed E-state index contributed by atoms with van der Waals surface area (Å²) in [6.07, 6.45) is 3.40. The van der Waals surface area contributed by atoms with Crippen LogP contribution in [0, 0.1) is 0 Å². The maximum Gasteiger partial charge on any atom is 0.129 e. The average Bonchev–Trinajstić information content (AvgIpc) is 2.61. The van der Waals surface area contributed by atoms with Gasteiger partial charge in [0.2, 0.25) is 0 Å². The van der Waals surface area contributed by atoms with Crippen molar-refractivity contribution in [2.24, 2.45) is 0 Å². The highest BCUT2D eigenvalue weighted by molar-refractivity contribution is 5.38. The Balaban J connectivity index is 2.82. The number of unbranched alkanes of at least 4 members (excludes halogenated alkanes) is 4. The van der Waals surface area contributed by atoms with Gasteiger partial charge < -0.3 is 25.5 Å². The second-order valence-corrected chi connectivity index (χ2v) is 6.22. The van der Waals surface area contributed by atoms with Crippen LogP contribution in [0.3, 0.4) is 0 Å². The summed E-state index contributed by atoms with van der Waals surface area (Å²) in [5.74, 6) is -0.00462. The molecule has 7 N–H and O–H groups in total. The lowest BCUT2D eigenvalue weighted by Gasteiger charge is -2.26. The molecule has 1 aromatic carbocycles. The number of phenols is 1. The molecule has 0 aromatic heterocycles. The second kappa shape index (κ2) is 12.2. The van der Waals surface area contributed by atoms with E-state index in [4.69, 9.17) is 10.2 Å². The van der Waals surface area contributed by atoms with E-state index in [1.807, 2.05) is 6.07 Å². The lowest BCUT2D eigenvalue weighted by molar-refractivity contribution is 0.0206. The molecule has 0 heterocycles. The summed E-state index contributed by atoms with van der Waals surface area (Å²) in [6, 6.07) is 5.22. The zero-order chi connectivity index (χ0) is 18.7. The van der Waals surface area contributed by atoms with E-state index < -0.39 is 31.8 Å². The van der Waals surface area contributed by atoms with Crippen molar-refractivity contribution in [2.75, 3.05) is 13.2 Å². The Kier molecular flexibility index (Phi) is 10.6. The Bertz CT molecular complexity index is 475. The van der Waals surface area contributed by atoms with Crippen LogP contribution in [0.4, 0.5) is 0 Å². The quantitative estimate of drug-likeness (QED) is 0.205. The van der Waals surface area contributed by atoms with E-state index in [0.29, 0.717) is 5.56 Å². The van der Waals surface area contributed by atoms with Gasteiger partial charge in [-0.2, -0.15) is 0 Å². The number of aromatic hydroxyl groups is 1. The first-order chi connectivity index (χ1) is 12.0. The molecular formula is C18H32N2O5. The minimum atomic E-state index is -1.24. The highest BCUT2D eigenvalue weighted by Gasteiger charge is 2.20. The van der Waals surface area contributed by atoms with Gasteiger partial charge in [-0.1, -0.05) is 38.7 Å². The first-order valence-electron chi connectivity index (χ1n) is 8.93. The molecule has 0 bridgehead atoms. The lowest BCUT2D eigenvalue weighted by atomic mass is 10.0. The Morgan fingerprint density at radius 2 is 1.52 bits per heavy atom. The first kappa shape index (κ1) is 21.8. The third-order valence-electron chi connectivity index (χ3n) is 4.04. The summed E-state index contributed by atoms with van der Waals surface area (Å²) in [5, 5.41) is 52.8. The molecular weight excluding hydrogens is 324 g/mol. The van der Waals surface area contributed by atoms with Crippen LogP contribution in [0.2, 0.25) is 0 Å². The van der Waals surface area contributed by atoms with E-state index in [-0.39, 0.29) is 5.75 Å². The highest BCUT2D eigenvalue weighted by Crippen LogP contribution is 2.25. The van der Waals surface area contributed by atoms with Crippen molar-refractivity contribution in [3.05, 3.63) is 29.3 Å². The van der Waals surface area contributed by atoms with Gasteiger partial charge in [-0.15, -0.1) is 0 Å². The number of hydrogen-bond donors (Lipinski definition) is 7. The maximum atomic E-state index is 10.1. The smallest absolute Gasteiger partial charge is 0.129 e. The van der Waals surface area contributed by atoms with E-state index in [0.717, 1.165) is 24.8 Å². The number of aryl methyl sites for hydroxylation is 1. The Morgan fingerprint density at radius 3 is 2.08 bits per heavy atom. The molecule has 0 amide bonds. The Morgan fingerprint density at radius 1 is 0.920 bits per heavy atom. The van der Waals surface area contributed by atoms with Crippen molar-refractivity contribution in [3.63, 3.8) is 0 Å². The van der Waals surface area contributed by atoms with Crippen LogP contribution >= 0.6 is 0 Å². The lowest BCUT2D eigenvalue weighted by Crippen LogP contribution is -2.47. The molecule has 144 valence electrons. The zero-order valence-corrected chi connectivity index (χ0v) is 14.9. The largest absolute Gasteiger partial charge is 0.508 e. The number of aliphatic hydroxyl groups excluding tert-OH is 4. The normalized spacial score (nSPS) is 15.1. The maximum absolute atomic E-state index is 10.1. The SMILES string of the molecule is CCCCCCCc1ccc(O)c(C(NC(O)CO)NC(O)CO)c1. The summed E-state index contributed by atoms with van der Waals surface area (Å²) in [5.41, 5.74) is 1.47. The van der Waals surface area contributed by atoms with E-state index in [2.05, 4.69) is 17.6 Å². The summed E-state index contributed by atoms with van der Waals surface area (Å²) in [7, 11) is 0. The van der Waals surface area contributed by atoms with Gasteiger partial charge in [0.1, 0.15) is 18.2 Å². The molecule has 2 atom stereocenters. The van der Waals surface area contributed by atoms with Crippen molar-refractivity contribution in [2.45, 2.75) is 64.1 Å². The molecule has 0 aliphatic heterocycles. The minimum Gasteiger partial charge on any atom is -0.508 e. The molecule has 2 unspecified atom stereocenters. The molecule has 0 spiro atoms. The van der Waals surface area contributed by atoms with Crippen LogP contribution in [0.25, 0.3) is 0 Å². The van der Waals surface area contributed by atoms with Crippen molar-refractivity contribution < 1.29 is 25.5 Å². The monoisotopic (exact) mass is 356 g/mol. The van der Waals surface area contributed by atoms with E-state index in [9.17, 15) is 15.3 Å². The fourth-order valence-corrected chi connectivity index (χ4v) is 2.64. The molecule has 0 saturated heterocycles. The van der Waals surface area contributed by atoms with Crippen molar-refractivity contribution in [1.82, 2.24) is 10.6 Å². The van der Waals surface area contributed by atoms with Gasteiger partial charge >= 0.3 is 0 Å². The summed E-state index contributed by atoms with van der Waals surface area (Å²) < 4.78 is 0. The molecule has 0 saturated carbocycles. The van der Waals surface area contributed by atoms with Gasteiger partial charge in [0.25, 0.3) is 0 Å². The fraction of sp³-hybridized carbons (Fsp3) is 0.667. The van der Waals surface area contributed by atoms with Crippen LogP contribution in [0.15, 0.2) is 18.2 Å². The van der Waals surface area contributed by atoms with E-state index >= 15 is 0 Å². The van der Waals surface area contributed by atoms with Crippen molar-refractivity contribution in [3.8, 4) is 5.75 Å². The van der Waals surface area contributed by atoms with Crippen LogP contribution in [-0.2, 0) is 6.42 Å². The number of benzene rings is 1. The number of aliphatic hydroxyl groups is 4. The zero-order valence-electron chi connectivity index (χ0n) is 14.9. The van der Waals surface area contributed by atoms with Crippen molar-refractivity contribution in [1.29, 1.82) is 0 Å². The van der Waals surface area contributed by atoms with Gasteiger partial charge in [-0.25, -0.2) is 0 Å². The minimum absolute atomic E-state index is 0.00462. The van der Waals surface area contributed by atoms with E-state index in [1.54, 1.807) is 12.1 Å². The molecule has 0 radical (unpaired) electrons. The molecule has 0 fully saturated rings. The number of nitrogens with one attached hydrogen (secondary N) is 2. The predicted molar refractivity (Wildman–Crippen MR) is 95.8 cm³/mol. The second-order valence-electron chi connectivity index (χ2n) is 6.22. The molecule has 0 aliphatic carbocycles. The van der Waals surface area contributed by atoms with Crippen LogP contribution in [0.1, 0.15) is 56.3 Å². The molecule has 1 aromatic rings. The van der Waals surface area contributed by atoms with Crippen molar-refractivity contribution >= 4 is 0 Å². The number of hydrogen-bond acceptors (Lipinski definition) is 7. The van der Waals surface area contributed by atoms with Gasteiger partial charge in [0.05, 0.1) is 19.4 Å². The Labute approximate surface area is 149 Å². The number of phenolic OH excluding ortho intramolecular Hbond substituents is 1. The van der Waals surface area contributed by atoms with Gasteiger partial charge in [-0.3, -0.25) is 10.6 Å². The standard InChI is InChI=1S/C18H32N2O5/c1-2-3-4-5-6-7-13-8-9-15(23)14(10-13)18(19-16(24)11-21)20-17(25)12-22/h8-10,16-25H,2-7,11-12H2,1H3. The fourth-order valence-electron chi connectivity index (χ4n) is 2.64. The van der Waals surface area contributed by atoms with Gasteiger partial charge in [0, 0.05) is 5.56 Å². The van der Waals surface area contributed by atoms with Crippen LogP contribution in [-0.4, -0.2) is 51.2 Å². The van der Waals surface area contributed by atoms with Crippen LogP contribution in [0.5, 0.6) is 5.75 Å². The van der Waals surface area contributed by atoms with Gasteiger partial charge in [0.15, 0.2) is 0 Å². The summed E-state index contributed by atoms with van der Waals surface area (Å²) in [4.78, 5) is 0. The molecule has 7 heteroatoms. The third kappa shape index (κ3) is 8.13. The average molecular weight is 356 g/mol. The first-order valence-corrected chi connectivity index (χ1v) is 8.93. The summed E-state index contributed by atoms with van der Waals surface area (Å²) in [6.45, 7) is 1.13. The van der Waals surface area contributed by atoms with Gasteiger partial charge in [-0.05, 0) is 30.5 Å². The molecule has 25 heavy (non-hydrogen) atoms. The predicted octanol–water partition coefficient (Wildman–Crippen LogP) is 0.704.